The van der Waals surface area contributed by atoms with Crippen LogP contribution in [0.3, 0.4) is 0 Å². The first-order valence-corrected chi connectivity index (χ1v) is 7.64. The predicted octanol–water partition coefficient (Wildman–Crippen LogP) is 2.96. The zero-order valence-electron chi connectivity index (χ0n) is 14.0. The van der Waals surface area contributed by atoms with Crippen molar-refractivity contribution < 1.29 is 14.1 Å². The van der Waals surface area contributed by atoms with E-state index in [-0.39, 0.29) is 11.4 Å². The van der Waals surface area contributed by atoms with Gasteiger partial charge < -0.3 is 4.42 Å². The van der Waals surface area contributed by atoms with Crippen LogP contribution in [0, 0.1) is 24.0 Å². The number of nitrogens with zero attached hydrogens (tertiary/aromatic N) is 3. The minimum Gasteiger partial charge on any atom is -0.455 e. The fourth-order valence-electron chi connectivity index (χ4n) is 2.35. The Labute approximate surface area is 147 Å². The molecule has 9 nitrogen and oxygen atoms in total. The van der Waals surface area contributed by atoms with Gasteiger partial charge in [0.1, 0.15) is 11.5 Å². The summed E-state index contributed by atoms with van der Waals surface area (Å²) in [5, 5.41) is 21.1. The van der Waals surface area contributed by atoms with Gasteiger partial charge in [-0.05, 0) is 43.7 Å². The number of hydrogen-bond acceptors (Lipinski definition) is 6. The fourth-order valence-corrected chi connectivity index (χ4v) is 2.35. The number of H-pyrrole nitrogens is 1. The highest BCUT2D eigenvalue weighted by molar-refractivity contribution is 5.93. The Balaban J connectivity index is 1.70. The van der Waals surface area contributed by atoms with Crippen molar-refractivity contribution in [2.45, 2.75) is 13.8 Å². The third kappa shape index (κ3) is 3.66. The Morgan fingerprint density at radius 2 is 2.12 bits per heavy atom. The minimum atomic E-state index is -0.444. The predicted molar refractivity (Wildman–Crippen MR) is 93.9 cm³/mol. The maximum Gasteiger partial charge on any atom is 0.291 e. The second-order valence-electron chi connectivity index (χ2n) is 5.59. The van der Waals surface area contributed by atoms with Gasteiger partial charge in [-0.15, -0.1) is 0 Å². The average molecular weight is 353 g/mol. The number of furan rings is 1. The largest absolute Gasteiger partial charge is 0.455 e. The molecule has 0 saturated heterocycles. The first-order chi connectivity index (χ1) is 12.4. The summed E-state index contributed by atoms with van der Waals surface area (Å²) >= 11 is 0. The van der Waals surface area contributed by atoms with Gasteiger partial charge in [-0.1, -0.05) is 0 Å². The molecule has 0 unspecified atom stereocenters. The summed E-state index contributed by atoms with van der Waals surface area (Å²) < 4.78 is 5.65. The third-order valence-corrected chi connectivity index (χ3v) is 3.61. The van der Waals surface area contributed by atoms with Gasteiger partial charge in [-0.3, -0.25) is 20.0 Å². The molecule has 1 amide bonds. The molecular weight excluding hydrogens is 338 g/mol. The van der Waals surface area contributed by atoms with E-state index < -0.39 is 10.8 Å². The lowest BCUT2D eigenvalue weighted by atomic mass is 10.1. The van der Waals surface area contributed by atoms with Crippen LogP contribution in [0.25, 0.3) is 11.3 Å². The number of hydrazone groups is 1. The fraction of sp³-hybridized carbons (Fsp3) is 0.118. The summed E-state index contributed by atoms with van der Waals surface area (Å²) in [6, 6.07) is 9.56. The molecule has 3 aromatic rings. The quantitative estimate of drug-likeness (QED) is 0.414. The molecule has 2 heterocycles. The topological polar surface area (TPSA) is 126 Å². The van der Waals surface area contributed by atoms with E-state index in [9.17, 15) is 14.9 Å². The van der Waals surface area contributed by atoms with Crippen molar-refractivity contribution in [1.29, 1.82) is 0 Å². The lowest BCUT2D eigenvalue weighted by molar-refractivity contribution is -0.384. The molecule has 1 aromatic carbocycles. The van der Waals surface area contributed by atoms with Crippen LogP contribution < -0.4 is 5.43 Å². The molecule has 0 aliphatic heterocycles. The number of hydrogen-bond donors (Lipinski definition) is 2. The van der Waals surface area contributed by atoms with Gasteiger partial charge in [0.25, 0.3) is 11.6 Å². The first kappa shape index (κ1) is 17.1. The van der Waals surface area contributed by atoms with Gasteiger partial charge in [0, 0.05) is 23.4 Å². The second-order valence-corrected chi connectivity index (χ2v) is 5.59. The van der Waals surface area contributed by atoms with E-state index in [0.717, 1.165) is 16.8 Å². The number of aryl methyl sites for hydroxylation is 2. The lowest BCUT2D eigenvalue weighted by Gasteiger charge is -2.02. The highest BCUT2D eigenvalue weighted by Crippen LogP contribution is 2.28. The van der Waals surface area contributed by atoms with Crippen molar-refractivity contribution in [3.8, 4) is 11.3 Å². The Hall–Kier alpha value is -3.75. The standard InChI is InChI=1S/C17H15N5O4/c1-10-7-12(22(24)25)3-5-14(10)16-6-4-13(26-16)9-18-21-17(23)15-8-11(2)19-20-15/h3-9H,1-2H3,(H,19,20)(H,21,23). The van der Waals surface area contributed by atoms with Crippen molar-refractivity contribution in [3.05, 3.63) is 69.2 Å². The number of aromatic amines is 1. The van der Waals surface area contributed by atoms with Crippen LogP contribution in [0.2, 0.25) is 0 Å². The molecule has 2 N–H and O–H groups in total. The molecule has 26 heavy (non-hydrogen) atoms. The number of rotatable bonds is 5. The lowest BCUT2D eigenvalue weighted by Crippen LogP contribution is -2.17. The van der Waals surface area contributed by atoms with Gasteiger partial charge in [0.05, 0.1) is 11.1 Å². The van der Waals surface area contributed by atoms with E-state index in [0.29, 0.717) is 11.5 Å². The van der Waals surface area contributed by atoms with Crippen molar-refractivity contribution in [2.75, 3.05) is 0 Å². The summed E-state index contributed by atoms with van der Waals surface area (Å²) in [7, 11) is 0. The van der Waals surface area contributed by atoms with Crippen molar-refractivity contribution >= 4 is 17.8 Å². The normalized spacial score (nSPS) is 11.0. The smallest absolute Gasteiger partial charge is 0.291 e. The van der Waals surface area contributed by atoms with E-state index in [1.54, 1.807) is 38.1 Å². The number of benzene rings is 1. The molecule has 0 atom stereocenters. The monoisotopic (exact) mass is 353 g/mol. The highest BCUT2D eigenvalue weighted by Gasteiger charge is 2.12. The van der Waals surface area contributed by atoms with E-state index in [1.165, 1.54) is 18.3 Å². The van der Waals surface area contributed by atoms with Crippen LogP contribution in [0.1, 0.15) is 27.5 Å². The van der Waals surface area contributed by atoms with Crippen molar-refractivity contribution in [1.82, 2.24) is 15.6 Å². The van der Waals surface area contributed by atoms with Gasteiger partial charge in [0.15, 0.2) is 5.69 Å². The van der Waals surface area contributed by atoms with E-state index in [4.69, 9.17) is 4.42 Å². The molecule has 0 fully saturated rings. The molecule has 0 radical (unpaired) electrons. The number of aromatic nitrogens is 2. The van der Waals surface area contributed by atoms with Crippen LogP contribution >= 0.6 is 0 Å². The van der Waals surface area contributed by atoms with E-state index in [2.05, 4.69) is 20.7 Å². The molecule has 0 bridgehead atoms. The summed E-state index contributed by atoms with van der Waals surface area (Å²) in [5.41, 5.74) is 4.85. The average Bonchev–Trinajstić information content (AvgIpc) is 3.24. The molecule has 0 saturated carbocycles. The zero-order chi connectivity index (χ0) is 18.7. The molecule has 132 valence electrons. The number of carbonyl (C=O) groups excluding carboxylic acids is 1. The van der Waals surface area contributed by atoms with Crippen LogP contribution in [0.15, 0.2) is 45.9 Å². The van der Waals surface area contributed by atoms with Crippen molar-refractivity contribution in [2.24, 2.45) is 5.10 Å². The number of amides is 1. The van der Waals surface area contributed by atoms with Gasteiger partial charge >= 0.3 is 0 Å². The molecule has 9 heteroatoms. The van der Waals surface area contributed by atoms with Crippen LogP contribution in [0.4, 0.5) is 5.69 Å². The van der Waals surface area contributed by atoms with E-state index >= 15 is 0 Å². The Morgan fingerprint density at radius 3 is 2.77 bits per heavy atom. The SMILES string of the molecule is Cc1cc(C(=O)NN=Cc2ccc(-c3ccc([N+](=O)[O-])cc3C)o2)n[nH]1. The zero-order valence-corrected chi connectivity index (χ0v) is 14.0. The summed E-state index contributed by atoms with van der Waals surface area (Å²) in [4.78, 5) is 22.2. The van der Waals surface area contributed by atoms with Crippen LogP contribution in [-0.2, 0) is 0 Å². The summed E-state index contributed by atoms with van der Waals surface area (Å²) in [5.74, 6) is 0.535. The number of nitro benzene ring substituents is 1. The van der Waals surface area contributed by atoms with Gasteiger partial charge in [0.2, 0.25) is 0 Å². The molecule has 0 aliphatic rings. The maximum absolute atomic E-state index is 11.8. The number of nitrogens with one attached hydrogen (secondary N) is 2. The molecule has 3 rings (SSSR count). The van der Waals surface area contributed by atoms with Crippen LogP contribution in [-0.4, -0.2) is 27.2 Å². The second kappa shape index (κ2) is 7.01. The van der Waals surface area contributed by atoms with Crippen LogP contribution in [0.5, 0.6) is 0 Å². The molecule has 2 aromatic heterocycles. The molecular formula is C17H15N5O4. The summed E-state index contributed by atoms with van der Waals surface area (Å²) in [6.45, 7) is 3.56. The van der Waals surface area contributed by atoms with E-state index in [1.807, 2.05) is 0 Å². The number of non-ortho nitro benzene ring substituents is 1. The van der Waals surface area contributed by atoms with Gasteiger partial charge in [-0.2, -0.15) is 10.2 Å². The number of nitro groups is 1. The maximum atomic E-state index is 11.8. The first-order valence-electron chi connectivity index (χ1n) is 7.64. The highest BCUT2D eigenvalue weighted by atomic mass is 16.6. The summed E-state index contributed by atoms with van der Waals surface area (Å²) in [6.07, 6.45) is 1.36. The van der Waals surface area contributed by atoms with Crippen molar-refractivity contribution in [3.63, 3.8) is 0 Å². The Morgan fingerprint density at radius 1 is 1.31 bits per heavy atom. The third-order valence-electron chi connectivity index (χ3n) is 3.61. The molecule has 0 aliphatic carbocycles. The Bertz CT molecular complexity index is 1000. The van der Waals surface area contributed by atoms with Gasteiger partial charge in [-0.25, -0.2) is 5.43 Å². The molecule has 0 spiro atoms. The number of carbonyl (C=O) groups is 1. The Kier molecular flexibility index (Phi) is 4.61. The minimum absolute atomic E-state index is 0.0240.